The monoisotopic (exact) mass is 233 g/mol. The molecule has 0 aromatic heterocycles. The third-order valence-electron chi connectivity index (χ3n) is 1.54. The van der Waals surface area contributed by atoms with Gasteiger partial charge in [-0.15, -0.1) is 0 Å². The van der Waals surface area contributed by atoms with Gasteiger partial charge in [0.2, 0.25) is 0 Å². The number of carbonyl (C=O) groups excluding carboxylic acids is 1. The van der Waals surface area contributed by atoms with E-state index in [1.54, 1.807) is 18.2 Å². The van der Waals surface area contributed by atoms with Crippen molar-refractivity contribution in [1.82, 2.24) is 0 Å². The molecule has 0 aliphatic heterocycles. The van der Waals surface area contributed by atoms with Gasteiger partial charge in [0.05, 0.1) is 4.92 Å². The number of halogens is 2. The predicted molar refractivity (Wildman–Crippen MR) is 52.2 cm³/mol. The fourth-order valence-corrected chi connectivity index (χ4v) is 1.06. The van der Waals surface area contributed by atoms with Crippen LogP contribution in [0.2, 0.25) is 0 Å². The maximum absolute atomic E-state index is 11.4. The standard InChI is InChI=1S/C8H5Cl2NO3/c9-8(10,11(13)14)7(12)6-4-2-1-3-5-6/h1-5H. The van der Waals surface area contributed by atoms with E-state index in [-0.39, 0.29) is 5.56 Å². The summed E-state index contributed by atoms with van der Waals surface area (Å²) in [6.45, 7) is 0. The number of nitro groups is 1. The normalized spacial score (nSPS) is 11.0. The van der Waals surface area contributed by atoms with E-state index in [2.05, 4.69) is 0 Å². The molecule has 0 amide bonds. The summed E-state index contributed by atoms with van der Waals surface area (Å²) in [7, 11) is 0. The molecule has 0 bridgehead atoms. The first-order valence-corrected chi connectivity index (χ1v) is 4.34. The molecule has 1 aromatic rings. The summed E-state index contributed by atoms with van der Waals surface area (Å²) >= 11 is 10.5. The first-order valence-electron chi connectivity index (χ1n) is 3.58. The van der Waals surface area contributed by atoms with Gasteiger partial charge >= 0.3 is 4.46 Å². The molecule has 0 radical (unpaired) electrons. The van der Waals surface area contributed by atoms with Gasteiger partial charge in [0.1, 0.15) is 0 Å². The molecule has 14 heavy (non-hydrogen) atoms. The van der Waals surface area contributed by atoms with E-state index in [1.807, 2.05) is 0 Å². The Labute approximate surface area is 89.6 Å². The highest BCUT2D eigenvalue weighted by molar-refractivity contribution is 6.58. The number of hydrogen-bond donors (Lipinski definition) is 0. The molecular weight excluding hydrogens is 229 g/mol. The highest BCUT2D eigenvalue weighted by Gasteiger charge is 2.47. The van der Waals surface area contributed by atoms with Gasteiger partial charge in [-0.3, -0.25) is 14.9 Å². The zero-order valence-corrected chi connectivity index (χ0v) is 8.33. The molecule has 6 heteroatoms. The van der Waals surface area contributed by atoms with E-state index in [0.717, 1.165) is 0 Å². The van der Waals surface area contributed by atoms with Crippen LogP contribution in [0, 0.1) is 10.1 Å². The second kappa shape index (κ2) is 3.94. The van der Waals surface area contributed by atoms with Gasteiger partial charge in [-0.25, -0.2) is 0 Å². The average molecular weight is 234 g/mol. The minimum Gasteiger partial charge on any atom is -0.283 e. The summed E-state index contributed by atoms with van der Waals surface area (Å²) in [5, 5.41) is 10.4. The van der Waals surface area contributed by atoms with E-state index in [4.69, 9.17) is 23.2 Å². The van der Waals surface area contributed by atoms with E-state index < -0.39 is 15.2 Å². The Morgan fingerprint density at radius 2 is 1.79 bits per heavy atom. The Hall–Kier alpha value is -1.13. The zero-order valence-electron chi connectivity index (χ0n) is 6.81. The molecule has 0 unspecified atom stereocenters. The molecule has 0 saturated carbocycles. The quantitative estimate of drug-likeness (QED) is 0.265. The molecule has 4 nitrogen and oxygen atoms in total. The molecule has 0 heterocycles. The SMILES string of the molecule is O=C(c1ccccc1)C(Cl)(Cl)[N+](=O)[O-]. The number of rotatable bonds is 3. The maximum atomic E-state index is 11.4. The van der Waals surface area contributed by atoms with Crippen molar-refractivity contribution in [1.29, 1.82) is 0 Å². The van der Waals surface area contributed by atoms with Gasteiger partial charge in [0.15, 0.2) is 0 Å². The number of ketones is 1. The first kappa shape index (κ1) is 10.9. The van der Waals surface area contributed by atoms with Crippen molar-refractivity contribution in [3.63, 3.8) is 0 Å². The fourth-order valence-electron chi connectivity index (χ4n) is 0.846. The predicted octanol–water partition coefficient (Wildman–Crippen LogP) is 2.28. The Kier molecular flexibility index (Phi) is 3.08. The van der Waals surface area contributed by atoms with Crippen molar-refractivity contribution in [2.45, 2.75) is 4.46 Å². The van der Waals surface area contributed by atoms with Crippen molar-refractivity contribution < 1.29 is 9.72 Å². The van der Waals surface area contributed by atoms with Crippen molar-refractivity contribution >= 4 is 29.0 Å². The smallest absolute Gasteiger partial charge is 0.283 e. The lowest BCUT2D eigenvalue weighted by Gasteiger charge is -2.08. The van der Waals surface area contributed by atoms with E-state index >= 15 is 0 Å². The third kappa shape index (κ3) is 2.02. The van der Waals surface area contributed by atoms with Crippen LogP contribution in [0.4, 0.5) is 0 Å². The van der Waals surface area contributed by atoms with Gasteiger partial charge in [-0.05, 0) is 23.2 Å². The molecule has 0 aliphatic carbocycles. The van der Waals surface area contributed by atoms with Crippen LogP contribution in [0.1, 0.15) is 10.4 Å². The van der Waals surface area contributed by atoms with Crippen molar-refractivity contribution in [2.24, 2.45) is 0 Å². The van der Waals surface area contributed by atoms with Gasteiger partial charge in [0, 0.05) is 5.56 Å². The molecule has 0 aliphatic rings. The number of hydrogen-bond acceptors (Lipinski definition) is 3. The topological polar surface area (TPSA) is 60.2 Å². The summed E-state index contributed by atoms with van der Waals surface area (Å²) in [6, 6.07) is 7.62. The van der Waals surface area contributed by atoms with Gasteiger partial charge < -0.3 is 0 Å². The van der Waals surface area contributed by atoms with Crippen LogP contribution < -0.4 is 0 Å². The Balaban J connectivity index is 3.03. The maximum Gasteiger partial charge on any atom is 0.433 e. The van der Waals surface area contributed by atoms with Gasteiger partial charge in [0.25, 0.3) is 5.78 Å². The first-order chi connectivity index (χ1) is 6.46. The molecule has 0 N–H and O–H groups in total. The second-order valence-corrected chi connectivity index (χ2v) is 3.78. The third-order valence-corrected chi connectivity index (χ3v) is 2.16. The number of nitrogens with zero attached hydrogens (tertiary/aromatic N) is 1. The largest absolute Gasteiger partial charge is 0.433 e. The summed E-state index contributed by atoms with van der Waals surface area (Å²) in [5.41, 5.74) is 0.106. The van der Waals surface area contributed by atoms with Crippen molar-refractivity contribution in [2.75, 3.05) is 0 Å². The summed E-state index contributed by atoms with van der Waals surface area (Å²) in [4.78, 5) is 20.7. The molecule has 0 spiro atoms. The van der Waals surface area contributed by atoms with Crippen molar-refractivity contribution in [3.05, 3.63) is 46.0 Å². The van der Waals surface area contributed by atoms with Crippen LogP contribution in [0.3, 0.4) is 0 Å². The Bertz CT molecular complexity index is 364. The van der Waals surface area contributed by atoms with Crippen LogP contribution in [0.25, 0.3) is 0 Å². The summed E-state index contributed by atoms with van der Waals surface area (Å²) in [6.07, 6.45) is 0. The highest BCUT2D eigenvalue weighted by Crippen LogP contribution is 2.26. The Morgan fingerprint density at radius 1 is 1.29 bits per heavy atom. The highest BCUT2D eigenvalue weighted by atomic mass is 35.5. The minimum absolute atomic E-state index is 0.106. The zero-order chi connectivity index (χ0) is 10.8. The molecule has 1 rings (SSSR count). The van der Waals surface area contributed by atoms with Gasteiger partial charge in [-0.1, -0.05) is 30.3 Å². The second-order valence-electron chi connectivity index (χ2n) is 2.49. The van der Waals surface area contributed by atoms with Crippen molar-refractivity contribution in [3.8, 4) is 0 Å². The average Bonchev–Trinajstić information content (AvgIpc) is 2.17. The van der Waals surface area contributed by atoms with Crippen LogP contribution in [0.15, 0.2) is 30.3 Å². The molecule has 0 fully saturated rings. The van der Waals surface area contributed by atoms with E-state index in [1.165, 1.54) is 12.1 Å². The number of Topliss-reactive ketones (excluding diaryl/α,β-unsaturated/α-hetero) is 1. The Morgan fingerprint density at radius 3 is 2.21 bits per heavy atom. The molecular formula is C8H5Cl2NO3. The molecule has 74 valence electrons. The van der Waals surface area contributed by atoms with Gasteiger partial charge in [-0.2, -0.15) is 0 Å². The van der Waals surface area contributed by atoms with E-state index in [0.29, 0.717) is 0 Å². The molecule has 1 aromatic carbocycles. The number of carbonyl (C=O) groups is 1. The van der Waals surface area contributed by atoms with E-state index in [9.17, 15) is 14.9 Å². The lowest BCUT2D eigenvalue weighted by atomic mass is 10.1. The van der Waals surface area contributed by atoms with Crippen LogP contribution in [0.5, 0.6) is 0 Å². The lowest BCUT2D eigenvalue weighted by Crippen LogP contribution is -2.34. The number of alkyl halides is 2. The number of benzene rings is 1. The van der Waals surface area contributed by atoms with Crippen LogP contribution in [-0.4, -0.2) is 15.2 Å². The van der Waals surface area contributed by atoms with Crippen LogP contribution >= 0.6 is 23.2 Å². The summed E-state index contributed by atoms with van der Waals surface area (Å²) in [5.74, 6) is -0.938. The molecule has 0 atom stereocenters. The summed E-state index contributed by atoms with van der Waals surface area (Å²) < 4.78 is -2.61. The minimum atomic E-state index is -2.61. The lowest BCUT2D eigenvalue weighted by molar-refractivity contribution is -0.498. The molecule has 0 saturated heterocycles. The van der Waals surface area contributed by atoms with Crippen LogP contribution in [-0.2, 0) is 0 Å². The fraction of sp³-hybridized carbons (Fsp3) is 0.125.